The molecule has 0 saturated heterocycles. The van der Waals surface area contributed by atoms with E-state index in [9.17, 15) is 0 Å². The Balaban J connectivity index is 2.39. The van der Waals surface area contributed by atoms with E-state index in [-0.39, 0.29) is 5.54 Å². The molecule has 0 bridgehead atoms. The van der Waals surface area contributed by atoms with Gasteiger partial charge in [0.25, 0.3) is 0 Å². The predicted octanol–water partition coefficient (Wildman–Crippen LogP) is 2.00. The lowest BCUT2D eigenvalue weighted by Gasteiger charge is -2.19. The van der Waals surface area contributed by atoms with Crippen LogP contribution in [0.25, 0.3) is 0 Å². The molecule has 0 aliphatic carbocycles. The molecule has 82 valence electrons. The van der Waals surface area contributed by atoms with Gasteiger partial charge < -0.3 is 15.2 Å². The molecule has 0 amide bonds. The van der Waals surface area contributed by atoms with E-state index in [1.165, 1.54) is 5.56 Å². The van der Waals surface area contributed by atoms with Crippen LogP contribution in [0, 0.1) is 6.92 Å². The second kappa shape index (κ2) is 3.42. The Hall–Kier alpha value is -1.22. The molecule has 3 heteroatoms. The average molecular weight is 207 g/mol. The minimum atomic E-state index is -0.229. The number of benzene rings is 1. The highest BCUT2D eigenvalue weighted by Crippen LogP contribution is 2.37. The summed E-state index contributed by atoms with van der Waals surface area (Å²) >= 11 is 0. The molecule has 0 spiro atoms. The largest absolute Gasteiger partial charge is 0.454 e. The summed E-state index contributed by atoms with van der Waals surface area (Å²) in [5, 5.41) is 0. The summed E-state index contributed by atoms with van der Waals surface area (Å²) in [4.78, 5) is 0. The number of ether oxygens (including phenoxy) is 2. The van der Waals surface area contributed by atoms with Crippen LogP contribution in [0.4, 0.5) is 0 Å². The smallest absolute Gasteiger partial charge is 0.231 e. The number of nitrogens with two attached hydrogens (primary N) is 1. The molecular weight excluding hydrogens is 190 g/mol. The van der Waals surface area contributed by atoms with Gasteiger partial charge in [0, 0.05) is 11.1 Å². The van der Waals surface area contributed by atoms with Crippen LogP contribution >= 0.6 is 0 Å². The van der Waals surface area contributed by atoms with Crippen LogP contribution in [-0.4, -0.2) is 12.3 Å². The molecule has 3 nitrogen and oxygen atoms in total. The van der Waals surface area contributed by atoms with E-state index < -0.39 is 0 Å². The number of hydrogen-bond acceptors (Lipinski definition) is 3. The topological polar surface area (TPSA) is 44.5 Å². The maximum Gasteiger partial charge on any atom is 0.231 e. The normalized spacial score (nSPS) is 14.4. The van der Waals surface area contributed by atoms with Crippen molar-refractivity contribution in [2.24, 2.45) is 5.73 Å². The van der Waals surface area contributed by atoms with Crippen LogP contribution in [-0.2, 0) is 6.42 Å². The first kappa shape index (κ1) is 10.3. The van der Waals surface area contributed by atoms with Crippen LogP contribution in [0.5, 0.6) is 11.5 Å². The van der Waals surface area contributed by atoms with E-state index in [0.717, 1.165) is 23.5 Å². The van der Waals surface area contributed by atoms with E-state index in [4.69, 9.17) is 15.2 Å². The highest BCUT2D eigenvalue weighted by Gasteiger charge is 2.22. The number of hydrogen-bond donors (Lipinski definition) is 1. The molecule has 0 radical (unpaired) electrons. The van der Waals surface area contributed by atoms with Gasteiger partial charge in [0.15, 0.2) is 11.5 Å². The standard InChI is InChI=1S/C12H17NO2/c1-8-4-9(6-12(2,3)13)11-10(5-8)14-7-15-11/h4-5H,6-7,13H2,1-3H3. The zero-order chi connectivity index (χ0) is 11.1. The lowest BCUT2D eigenvalue weighted by molar-refractivity contribution is 0.173. The van der Waals surface area contributed by atoms with Crippen molar-refractivity contribution >= 4 is 0 Å². The summed E-state index contributed by atoms with van der Waals surface area (Å²) in [6.45, 7) is 6.39. The van der Waals surface area contributed by atoms with Crippen molar-refractivity contribution < 1.29 is 9.47 Å². The molecule has 1 aliphatic heterocycles. The van der Waals surface area contributed by atoms with E-state index in [1.807, 2.05) is 19.9 Å². The van der Waals surface area contributed by atoms with Crippen molar-refractivity contribution in [1.82, 2.24) is 0 Å². The van der Waals surface area contributed by atoms with E-state index in [0.29, 0.717) is 6.79 Å². The van der Waals surface area contributed by atoms with Crippen molar-refractivity contribution in [2.45, 2.75) is 32.7 Å². The van der Waals surface area contributed by atoms with Gasteiger partial charge in [0.1, 0.15) is 0 Å². The van der Waals surface area contributed by atoms with Crippen molar-refractivity contribution in [3.63, 3.8) is 0 Å². The Morgan fingerprint density at radius 2 is 2.07 bits per heavy atom. The minimum Gasteiger partial charge on any atom is -0.454 e. The third kappa shape index (κ3) is 2.23. The predicted molar refractivity (Wildman–Crippen MR) is 59.3 cm³/mol. The first-order valence-electron chi connectivity index (χ1n) is 5.14. The lowest BCUT2D eigenvalue weighted by Crippen LogP contribution is -2.34. The van der Waals surface area contributed by atoms with E-state index in [1.54, 1.807) is 0 Å². The summed E-state index contributed by atoms with van der Waals surface area (Å²) in [7, 11) is 0. The number of aryl methyl sites for hydroxylation is 1. The second-order valence-corrected chi connectivity index (χ2v) is 4.82. The molecule has 0 aromatic heterocycles. The highest BCUT2D eigenvalue weighted by atomic mass is 16.7. The summed E-state index contributed by atoms with van der Waals surface area (Å²) in [6.07, 6.45) is 0.792. The van der Waals surface area contributed by atoms with Crippen LogP contribution in [0.3, 0.4) is 0 Å². The van der Waals surface area contributed by atoms with E-state index in [2.05, 4.69) is 13.0 Å². The van der Waals surface area contributed by atoms with Gasteiger partial charge in [-0.15, -0.1) is 0 Å². The zero-order valence-corrected chi connectivity index (χ0v) is 9.46. The lowest BCUT2D eigenvalue weighted by atomic mass is 9.94. The molecule has 0 unspecified atom stereocenters. The number of fused-ring (bicyclic) bond motifs is 1. The Bertz CT molecular complexity index is 380. The molecule has 0 fully saturated rings. The average Bonchev–Trinajstić information content (AvgIpc) is 2.48. The van der Waals surface area contributed by atoms with Gasteiger partial charge in [0.2, 0.25) is 6.79 Å². The maximum absolute atomic E-state index is 6.02. The SMILES string of the molecule is Cc1cc(CC(C)(C)N)c2c(c1)OCO2. The maximum atomic E-state index is 6.02. The van der Waals surface area contributed by atoms with Gasteiger partial charge >= 0.3 is 0 Å². The molecular formula is C12H17NO2. The highest BCUT2D eigenvalue weighted by molar-refractivity contribution is 5.51. The number of rotatable bonds is 2. The van der Waals surface area contributed by atoms with Gasteiger partial charge in [0.05, 0.1) is 0 Å². The van der Waals surface area contributed by atoms with Crippen molar-refractivity contribution in [3.8, 4) is 11.5 Å². The van der Waals surface area contributed by atoms with Crippen molar-refractivity contribution in [3.05, 3.63) is 23.3 Å². The van der Waals surface area contributed by atoms with Gasteiger partial charge in [-0.3, -0.25) is 0 Å². The molecule has 0 saturated carbocycles. The Kier molecular flexibility index (Phi) is 2.35. The van der Waals surface area contributed by atoms with Crippen LogP contribution < -0.4 is 15.2 Å². The molecule has 1 heterocycles. The van der Waals surface area contributed by atoms with E-state index >= 15 is 0 Å². The molecule has 2 rings (SSSR count). The molecule has 0 atom stereocenters. The molecule has 15 heavy (non-hydrogen) atoms. The summed E-state index contributed by atoms with van der Waals surface area (Å²) in [5.41, 5.74) is 8.10. The molecule has 1 aromatic rings. The Morgan fingerprint density at radius 3 is 2.73 bits per heavy atom. The minimum absolute atomic E-state index is 0.229. The molecule has 1 aromatic carbocycles. The van der Waals surface area contributed by atoms with Crippen LogP contribution in [0.1, 0.15) is 25.0 Å². The first-order chi connectivity index (χ1) is 6.96. The van der Waals surface area contributed by atoms with Crippen LogP contribution in [0.2, 0.25) is 0 Å². The van der Waals surface area contributed by atoms with Crippen LogP contribution in [0.15, 0.2) is 12.1 Å². The molecule has 1 aliphatic rings. The van der Waals surface area contributed by atoms with Gasteiger partial charge in [-0.1, -0.05) is 6.07 Å². The summed E-state index contributed by atoms with van der Waals surface area (Å²) < 4.78 is 10.8. The van der Waals surface area contributed by atoms with Crippen molar-refractivity contribution in [2.75, 3.05) is 6.79 Å². The summed E-state index contributed by atoms with van der Waals surface area (Å²) in [5.74, 6) is 1.70. The second-order valence-electron chi connectivity index (χ2n) is 4.82. The zero-order valence-electron chi connectivity index (χ0n) is 9.46. The fourth-order valence-electron chi connectivity index (χ4n) is 1.86. The Labute approximate surface area is 90.2 Å². The van der Waals surface area contributed by atoms with Crippen molar-refractivity contribution in [1.29, 1.82) is 0 Å². The Morgan fingerprint density at radius 1 is 1.33 bits per heavy atom. The van der Waals surface area contributed by atoms with Gasteiger partial charge in [-0.25, -0.2) is 0 Å². The first-order valence-corrected chi connectivity index (χ1v) is 5.14. The third-order valence-corrected chi connectivity index (χ3v) is 2.34. The fourth-order valence-corrected chi connectivity index (χ4v) is 1.86. The molecule has 2 N–H and O–H groups in total. The summed E-state index contributed by atoms with van der Waals surface area (Å²) in [6, 6.07) is 4.11. The quantitative estimate of drug-likeness (QED) is 0.806. The fraction of sp³-hybridized carbons (Fsp3) is 0.500. The van der Waals surface area contributed by atoms with Gasteiger partial charge in [-0.05, 0) is 38.8 Å². The van der Waals surface area contributed by atoms with Gasteiger partial charge in [-0.2, -0.15) is 0 Å². The monoisotopic (exact) mass is 207 g/mol. The third-order valence-electron chi connectivity index (χ3n) is 2.34.